The number of rotatable bonds is 8. The number of hydrogen-bond donors (Lipinski definition) is 1. The van der Waals surface area contributed by atoms with Crippen molar-refractivity contribution in [2.75, 3.05) is 22.8 Å². The average Bonchev–Trinajstić information content (AvgIpc) is 3.25. The number of sulfonamides is 1. The number of aryl methyl sites for hydroxylation is 1. The number of anilines is 2. The molecular weight excluding hydrogens is 541 g/mol. The molecule has 0 atom stereocenters. The lowest BCUT2D eigenvalue weighted by atomic mass is 9.95. The number of benzene rings is 2. The molecule has 4 rings (SSSR count). The molecule has 0 unspecified atom stereocenters. The fourth-order valence-electron chi connectivity index (χ4n) is 4.24. The normalized spacial score (nSPS) is 13.5. The SMILES string of the molecule is CCOC(=O)c1c(NC(=O)CN(c2cccc(C(F)(F)F)c2)S(=O)(=O)c2ccccc2)sc2c1CCCC2. The largest absolute Gasteiger partial charge is 0.462 e. The third-order valence-corrected chi connectivity index (χ3v) is 8.98. The standard InChI is InChI=1S/C26H25F3N2O5S2/c1-2-36-25(33)23-20-13-6-7-14-21(20)37-24(23)30-22(32)16-31(38(34,35)19-11-4-3-5-12-19)18-10-8-9-17(15-18)26(27,28)29/h3-5,8-12,15H,2,6-7,13-14,16H2,1H3,(H,30,32). The van der Waals surface area contributed by atoms with Gasteiger partial charge in [0.15, 0.2) is 0 Å². The van der Waals surface area contributed by atoms with Crippen molar-refractivity contribution in [3.05, 3.63) is 76.2 Å². The summed E-state index contributed by atoms with van der Waals surface area (Å²) < 4.78 is 73.0. The fourth-order valence-corrected chi connectivity index (χ4v) is 6.97. The first-order valence-corrected chi connectivity index (χ1v) is 14.1. The Balaban J connectivity index is 1.71. The number of carbonyl (C=O) groups excluding carboxylic acids is 2. The summed E-state index contributed by atoms with van der Waals surface area (Å²) in [5.41, 5.74) is -0.327. The van der Waals surface area contributed by atoms with Gasteiger partial charge in [-0.1, -0.05) is 24.3 Å². The number of nitrogens with zero attached hydrogens (tertiary/aromatic N) is 1. The molecule has 0 bridgehead atoms. The van der Waals surface area contributed by atoms with E-state index in [0.29, 0.717) is 16.8 Å². The van der Waals surface area contributed by atoms with Crippen LogP contribution in [0.15, 0.2) is 59.5 Å². The van der Waals surface area contributed by atoms with Crippen molar-refractivity contribution in [1.82, 2.24) is 0 Å². The Morgan fingerprint density at radius 2 is 1.76 bits per heavy atom. The monoisotopic (exact) mass is 566 g/mol. The maximum atomic E-state index is 13.5. The van der Waals surface area contributed by atoms with Gasteiger partial charge in [0.05, 0.1) is 28.3 Å². The Labute approximate surface area is 222 Å². The number of thiophene rings is 1. The van der Waals surface area contributed by atoms with Crippen molar-refractivity contribution >= 4 is 43.9 Å². The number of fused-ring (bicyclic) bond motifs is 1. The number of alkyl halides is 3. The van der Waals surface area contributed by atoms with E-state index < -0.39 is 40.2 Å². The van der Waals surface area contributed by atoms with Gasteiger partial charge in [-0.25, -0.2) is 13.2 Å². The van der Waals surface area contributed by atoms with Crippen molar-refractivity contribution in [2.24, 2.45) is 0 Å². The van der Waals surface area contributed by atoms with Crippen LogP contribution < -0.4 is 9.62 Å². The first-order valence-electron chi connectivity index (χ1n) is 11.9. The highest BCUT2D eigenvalue weighted by molar-refractivity contribution is 7.92. The zero-order chi connectivity index (χ0) is 27.5. The number of hydrogen-bond acceptors (Lipinski definition) is 6. The number of ether oxygens (including phenoxy) is 1. The molecule has 0 fully saturated rings. The molecule has 1 aromatic heterocycles. The molecule has 0 radical (unpaired) electrons. The van der Waals surface area contributed by atoms with Crippen LogP contribution >= 0.6 is 11.3 Å². The van der Waals surface area contributed by atoms with E-state index in [1.807, 2.05) is 0 Å². The van der Waals surface area contributed by atoms with E-state index >= 15 is 0 Å². The second kappa shape index (κ2) is 11.2. The molecule has 1 aliphatic rings. The molecule has 0 aliphatic heterocycles. The minimum atomic E-state index is -4.72. The molecule has 7 nitrogen and oxygen atoms in total. The van der Waals surface area contributed by atoms with Crippen LogP contribution in [-0.2, 0) is 38.6 Å². The Morgan fingerprint density at radius 3 is 2.45 bits per heavy atom. The third-order valence-electron chi connectivity index (χ3n) is 5.98. The molecule has 1 amide bonds. The zero-order valence-corrected chi connectivity index (χ0v) is 22.0. The van der Waals surface area contributed by atoms with Gasteiger partial charge in [0.25, 0.3) is 10.0 Å². The Morgan fingerprint density at radius 1 is 1.05 bits per heavy atom. The molecule has 3 aromatic rings. The van der Waals surface area contributed by atoms with Crippen molar-refractivity contribution in [3.8, 4) is 0 Å². The minimum Gasteiger partial charge on any atom is -0.462 e. The van der Waals surface area contributed by atoms with E-state index in [1.165, 1.54) is 41.7 Å². The van der Waals surface area contributed by atoms with Gasteiger partial charge in [-0.3, -0.25) is 9.10 Å². The molecule has 38 heavy (non-hydrogen) atoms. The summed E-state index contributed by atoms with van der Waals surface area (Å²) >= 11 is 1.23. The Kier molecular flexibility index (Phi) is 8.12. The fraction of sp³-hybridized carbons (Fsp3) is 0.308. The van der Waals surface area contributed by atoms with Gasteiger partial charge >= 0.3 is 12.1 Å². The second-order valence-electron chi connectivity index (χ2n) is 8.56. The van der Waals surface area contributed by atoms with Crippen LogP contribution in [0, 0.1) is 0 Å². The topological polar surface area (TPSA) is 92.8 Å². The summed E-state index contributed by atoms with van der Waals surface area (Å²) in [6.45, 7) is 0.981. The van der Waals surface area contributed by atoms with E-state index in [2.05, 4.69) is 5.32 Å². The van der Waals surface area contributed by atoms with Gasteiger partial charge in [0, 0.05) is 4.88 Å². The number of esters is 1. The highest BCUT2D eigenvalue weighted by Crippen LogP contribution is 2.39. The van der Waals surface area contributed by atoms with Crippen LogP contribution in [-0.4, -0.2) is 33.4 Å². The molecule has 1 heterocycles. The summed E-state index contributed by atoms with van der Waals surface area (Å²) in [6, 6.07) is 10.9. The van der Waals surface area contributed by atoms with E-state index in [-0.39, 0.29) is 27.8 Å². The molecular formula is C26H25F3N2O5S2. The van der Waals surface area contributed by atoms with E-state index in [4.69, 9.17) is 4.74 Å². The highest BCUT2D eigenvalue weighted by atomic mass is 32.2. The highest BCUT2D eigenvalue weighted by Gasteiger charge is 2.34. The van der Waals surface area contributed by atoms with Crippen LogP contribution in [0.1, 0.15) is 46.1 Å². The second-order valence-corrected chi connectivity index (χ2v) is 11.5. The van der Waals surface area contributed by atoms with Crippen molar-refractivity contribution in [3.63, 3.8) is 0 Å². The third kappa shape index (κ3) is 5.86. The molecule has 1 aliphatic carbocycles. The van der Waals surface area contributed by atoms with Gasteiger partial charge in [-0.2, -0.15) is 13.2 Å². The Hall–Kier alpha value is -3.38. The van der Waals surface area contributed by atoms with Gasteiger partial charge in [0.2, 0.25) is 5.91 Å². The van der Waals surface area contributed by atoms with Gasteiger partial charge < -0.3 is 10.1 Å². The minimum absolute atomic E-state index is 0.134. The first-order chi connectivity index (χ1) is 18.0. The van der Waals surface area contributed by atoms with E-state index in [9.17, 15) is 31.2 Å². The molecule has 202 valence electrons. The maximum absolute atomic E-state index is 13.5. The van der Waals surface area contributed by atoms with Crippen molar-refractivity contribution < 1.29 is 35.9 Å². The summed E-state index contributed by atoms with van der Waals surface area (Å²) in [4.78, 5) is 26.7. The lowest BCUT2D eigenvalue weighted by Crippen LogP contribution is -2.38. The number of nitrogens with one attached hydrogen (secondary N) is 1. The predicted octanol–water partition coefficient (Wildman–Crippen LogP) is 5.66. The van der Waals surface area contributed by atoms with Crippen LogP contribution in [0.3, 0.4) is 0 Å². The summed E-state index contributed by atoms with van der Waals surface area (Å²) in [6.07, 6.45) is -1.52. The summed E-state index contributed by atoms with van der Waals surface area (Å²) in [5, 5.41) is 2.86. The van der Waals surface area contributed by atoms with Crippen LogP contribution in [0.5, 0.6) is 0 Å². The van der Waals surface area contributed by atoms with Gasteiger partial charge in [-0.05, 0) is 68.5 Å². The predicted molar refractivity (Wildman–Crippen MR) is 138 cm³/mol. The Bertz CT molecular complexity index is 1440. The van der Waals surface area contributed by atoms with E-state index in [1.54, 1.807) is 13.0 Å². The summed E-state index contributed by atoms with van der Waals surface area (Å²) in [7, 11) is -4.42. The molecule has 0 saturated carbocycles. The molecule has 1 N–H and O–H groups in total. The molecule has 0 spiro atoms. The average molecular weight is 567 g/mol. The van der Waals surface area contributed by atoms with Crippen LogP contribution in [0.2, 0.25) is 0 Å². The molecule has 0 saturated heterocycles. The van der Waals surface area contributed by atoms with E-state index in [0.717, 1.165) is 41.8 Å². The number of halogens is 3. The molecule has 2 aromatic carbocycles. The maximum Gasteiger partial charge on any atom is 0.416 e. The number of carbonyl (C=O) groups is 2. The van der Waals surface area contributed by atoms with Crippen LogP contribution in [0.4, 0.5) is 23.9 Å². The smallest absolute Gasteiger partial charge is 0.416 e. The lowest BCUT2D eigenvalue weighted by molar-refractivity contribution is -0.137. The van der Waals surface area contributed by atoms with Crippen molar-refractivity contribution in [2.45, 2.75) is 43.7 Å². The lowest BCUT2D eigenvalue weighted by Gasteiger charge is -2.25. The first kappa shape index (κ1) is 27.6. The van der Waals surface area contributed by atoms with Gasteiger partial charge in [0.1, 0.15) is 11.5 Å². The zero-order valence-electron chi connectivity index (χ0n) is 20.4. The number of amides is 1. The van der Waals surface area contributed by atoms with Crippen LogP contribution in [0.25, 0.3) is 0 Å². The quantitative estimate of drug-likeness (QED) is 0.356. The molecule has 12 heteroatoms. The van der Waals surface area contributed by atoms with Gasteiger partial charge in [-0.15, -0.1) is 11.3 Å². The van der Waals surface area contributed by atoms with Crippen molar-refractivity contribution in [1.29, 1.82) is 0 Å². The summed E-state index contributed by atoms with van der Waals surface area (Å²) in [5.74, 6) is -1.40.